The van der Waals surface area contributed by atoms with Gasteiger partial charge in [0.05, 0.1) is 23.5 Å². The van der Waals surface area contributed by atoms with E-state index >= 15 is 0 Å². The molecular weight excluding hydrogens is 691 g/mol. The van der Waals surface area contributed by atoms with Gasteiger partial charge in [0, 0.05) is 43.1 Å². The van der Waals surface area contributed by atoms with Crippen LogP contribution in [0.4, 0.5) is 0 Å². The number of aromatic nitrogens is 3. The molecule has 10 rings (SSSR count). The molecule has 5 fully saturated rings. The first kappa shape index (κ1) is 36.7. The van der Waals surface area contributed by atoms with Crippen LogP contribution in [0.2, 0.25) is 0 Å². The second-order valence-corrected chi connectivity index (χ2v) is 17.3. The topological polar surface area (TPSA) is 95.9 Å². The summed E-state index contributed by atoms with van der Waals surface area (Å²) in [6.07, 6.45) is 15.1. The largest absolute Gasteiger partial charge is 0.393 e. The van der Waals surface area contributed by atoms with E-state index in [9.17, 15) is 15.3 Å². The van der Waals surface area contributed by atoms with Gasteiger partial charge < -0.3 is 19.6 Å². The molecule has 7 nitrogen and oxygen atoms in total. The minimum absolute atomic E-state index is 0.139. The van der Waals surface area contributed by atoms with Crippen molar-refractivity contribution in [2.24, 2.45) is 29.6 Å². The molecule has 0 spiro atoms. The molecule has 1 amide bonds. The van der Waals surface area contributed by atoms with Gasteiger partial charge in [0.2, 0.25) is 5.91 Å². The third-order valence-corrected chi connectivity index (χ3v) is 13.6. The molecule has 0 radical (unpaired) electrons. The van der Waals surface area contributed by atoms with E-state index in [-0.39, 0.29) is 18.1 Å². The SMILES string of the molecule is N=c1c2c(-c3ccccc3)c(-c3ccccc3)n(Cc3cccc(C#CCCCCNC(=O)CC4C5CC6CC(C5)CC4C6)c3)c2ncn1C1CCC(O)CC1. The molecule has 2 aromatic heterocycles. The van der Waals surface area contributed by atoms with E-state index in [1.165, 1.54) is 32.1 Å². The Kier molecular flexibility index (Phi) is 10.7. The number of nitrogens with one attached hydrogen (secondary N) is 2. The summed E-state index contributed by atoms with van der Waals surface area (Å²) in [6, 6.07) is 29.5. The zero-order chi connectivity index (χ0) is 38.0. The number of carbonyl (C=O) groups excluding carboxylic acids is 1. The summed E-state index contributed by atoms with van der Waals surface area (Å²) in [4.78, 5) is 18.0. The van der Waals surface area contributed by atoms with E-state index in [1.54, 1.807) is 0 Å². The number of unbranched alkanes of at least 4 members (excludes halogenated alkanes) is 2. The van der Waals surface area contributed by atoms with Gasteiger partial charge in [0.15, 0.2) is 0 Å². The second-order valence-electron chi connectivity index (χ2n) is 17.3. The summed E-state index contributed by atoms with van der Waals surface area (Å²) in [7, 11) is 0. The number of aliphatic hydroxyl groups excluding tert-OH is 1. The van der Waals surface area contributed by atoms with Crippen LogP contribution >= 0.6 is 0 Å². The minimum atomic E-state index is -0.261. The molecule has 3 N–H and O–H groups in total. The van der Waals surface area contributed by atoms with Gasteiger partial charge in [-0.05, 0) is 129 Å². The van der Waals surface area contributed by atoms with Crippen LogP contribution in [0.15, 0.2) is 91.3 Å². The molecule has 56 heavy (non-hydrogen) atoms. The van der Waals surface area contributed by atoms with Crippen molar-refractivity contribution in [1.29, 1.82) is 5.41 Å². The van der Waals surface area contributed by atoms with Gasteiger partial charge in [-0.3, -0.25) is 10.2 Å². The van der Waals surface area contributed by atoms with Crippen molar-refractivity contribution in [3.8, 4) is 34.2 Å². The Bertz CT molecular complexity index is 2260. The number of amides is 1. The van der Waals surface area contributed by atoms with Gasteiger partial charge in [0.1, 0.15) is 11.1 Å². The van der Waals surface area contributed by atoms with E-state index in [4.69, 9.17) is 4.98 Å². The highest BCUT2D eigenvalue weighted by atomic mass is 16.3. The molecule has 5 aromatic rings. The molecule has 288 valence electrons. The molecule has 0 unspecified atom stereocenters. The predicted molar refractivity (Wildman–Crippen MR) is 222 cm³/mol. The molecule has 4 bridgehead atoms. The fraction of sp³-hybridized carbons (Fsp3) is 0.449. The third kappa shape index (κ3) is 7.61. The zero-order valence-electron chi connectivity index (χ0n) is 32.5. The number of nitrogens with zero attached hydrogens (tertiary/aromatic N) is 3. The monoisotopic (exact) mass is 745 g/mol. The molecule has 7 heteroatoms. The fourth-order valence-electron chi connectivity index (χ4n) is 11.1. The lowest BCUT2D eigenvalue weighted by atomic mass is 9.51. The maximum absolute atomic E-state index is 12.9. The number of hydrogen-bond acceptors (Lipinski definition) is 4. The van der Waals surface area contributed by atoms with Crippen molar-refractivity contribution in [1.82, 2.24) is 19.4 Å². The highest BCUT2D eigenvalue weighted by Gasteiger charge is 2.48. The number of fused-ring (bicyclic) bond motifs is 1. The van der Waals surface area contributed by atoms with E-state index in [1.807, 2.05) is 23.0 Å². The summed E-state index contributed by atoms with van der Waals surface area (Å²) in [5.74, 6) is 11.2. The highest BCUT2D eigenvalue weighted by Crippen LogP contribution is 2.57. The quantitative estimate of drug-likeness (QED) is 0.0930. The number of rotatable bonds is 11. The minimum Gasteiger partial charge on any atom is -0.393 e. The summed E-state index contributed by atoms with van der Waals surface area (Å²) >= 11 is 0. The summed E-state index contributed by atoms with van der Waals surface area (Å²) in [6.45, 7) is 1.32. The Balaban J connectivity index is 0.910. The standard InChI is InChI=1S/C49H55N5O2/c50-48-46-45(37-15-6-3-7-16-37)47(38-17-8-4-9-18-38)53(49(46)52-32-54(48)41-19-21-42(55)22-20-41)31-34-14-11-13-33(24-34)12-5-1-2-10-23-51-44(56)30-43-39-26-35-25-36(28-39)29-40(43)27-35/h3-4,6-9,11,13-18,24,32,35-36,39-43,50,55H,1-2,10,19-23,25-31H2,(H,51,56). The van der Waals surface area contributed by atoms with Crippen molar-refractivity contribution in [3.05, 3.63) is 108 Å². The van der Waals surface area contributed by atoms with E-state index in [0.717, 1.165) is 126 Å². The predicted octanol–water partition coefficient (Wildman–Crippen LogP) is 9.28. The lowest BCUT2D eigenvalue weighted by Gasteiger charge is -2.54. The van der Waals surface area contributed by atoms with Crippen molar-refractivity contribution in [3.63, 3.8) is 0 Å². The van der Waals surface area contributed by atoms with Gasteiger partial charge in [0.25, 0.3) is 0 Å². The third-order valence-electron chi connectivity index (χ3n) is 13.6. The summed E-state index contributed by atoms with van der Waals surface area (Å²) in [5, 5.41) is 23.9. The molecule has 2 heterocycles. The van der Waals surface area contributed by atoms with E-state index in [2.05, 4.69) is 94.5 Å². The Labute approximate surface area is 331 Å². The Morgan fingerprint density at radius 1 is 0.839 bits per heavy atom. The van der Waals surface area contributed by atoms with Gasteiger partial charge in [-0.2, -0.15) is 0 Å². The molecular formula is C49H55N5O2. The van der Waals surface area contributed by atoms with Crippen molar-refractivity contribution in [2.45, 2.75) is 102 Å². The number of hydrogen-bond donors (Lipinski definition) is 3. The highest BCUT2D eigenvalue weighted by molar-refractivity contribution is 6.02. The van der Waals surface area contributed by atoms with Crippen LogP contribution in [0.25, 0.3) is 33.4 Å². The molecule has 5 saturated carbocycles. The van der Waals surface area contributed by atoms with Crippen LogP contribution in [-0.2, 0) is 11.3 Å². The van der Waals surface area contributed by atoms with Crippen LogP contribution in [0.5, 0.6) is 0 Å². The van der Waals surface area contributed by atoms with Crippen LogP contribution in [0.3, 0.4) is 0 Å². The Morgan fingerprint density at radius 2 is 1.54 bits per heavy atom. The molecule has 3 aromatic carbocycles. The average molecular weight is 746 g/mol. The first-order valence-corrected chi connectivity index (χ1v) is 21.3. The van der Waals surface area contributed by atoms with Gasteiger partial charge in [-0.25, -0.2) is 4.98 Å². The molecule has 0 saturated heterocycles. The van der Waals surface area contributed by atoms with Crippen LogP contribution in [-0.4, -0.2) is 37.8 Å². The van der Waals surface area contributed by atoms with Gasteiger partial charge in [-0.15, -0.1) is 0 Å². The van der Waals surface area contributed by atoms with Crippen LogP contribution < -0.4 is 10.8 Å². The number of benzene rings is 3. The lowest BCUT2D eigenvalue weighted by Crippen LogP contribution is -2.46. The summed E-state index contributed by atoms with van der Waals surface area (Å²) < 4.78 is 4.32. The van der Waals surface area contributed by atoms with E-state index < -0.39 is 0 Å². The Hall–Kier alpha value is -4.93. The maximum Gasteiger partial charge on any atom is 0.220 e. The zero-order valence-corrected chi connectivity index (χ0v) is 32.5. The van der Waals surface area contributed by atoms with Gasteiger partial charge in [-0.1, -0.05) is 84.6 Å². The van der Waals surface area contributed by atoms with Crippen molar-refractivity contribution in [2.75, 3.05) is 6.54 Å². The normalized spacial score (nSPS) is 25.2. The van der Waals surface area contributed by atoms with Crippen molar-refractivity contribution < 1.29 is 9.90 Å². The summed E-state index contributed by atoms with van der Waals surface area (Å²) in [5.41, 5.74) is 7.58. The van der Waals surface area contributed by atoms with Crippen LogP contribution in [0, 0.1) is 46.8 Å². The van der Waals surface area contributed by atoms with Crippen molar-refractivity contribution >= 4 is 16.9 Å². The molecule has 0 aliphatic heterocycles. The molecule has 0 atom stereocenters. The fourth-order valence-corrected chi connectivity index (χ4v) is 11.1. The smallest absolute Gasteiger partial charge is 0.220 e. The first-order chi connectivity index (χ1) is 27.5. The maximum atomic E-state index is 12.9. The first-order valence-electron chi connectivity index (χ1n) is 21.3. The molecule has 5 aliphatic carbocycles. The lowest BCUT2D eigenvalue weighted by molar-refractivity contribution is -0.126. The average Bonchev–Trinajstić information content (AvgIpc) is 3.54. The van der Waals surface area contributed by atoms with Crippen LogP contribution in [0.1, 0.15) is 101 Å². The number of aliphatic hydroxyl groups is 1. The number of carbonyl (C=O) groups is 1. The second kappa shape index (κ2) is 16.3. The molecule has 5 aliphatic rings. The van der Waals surface area contributed by atoms with E-state index in [0.29, 0.717) is 18.0 Å². The van der Waals surface area contributed by atoms with Gasteiger partial charge >= 0.3 is 0 Å². The Morgan fingerprint density at radius 3 is 2.25 bits per heavy atom.